The number of aromatic amines is 1. The smallest absolute Gasteiger partial charge is 0.272 e. The number of carbonyl (C=O) groups is 1. The highest BCUT2D eigenvalue weighted by Crippen LogP contribution is 2.33. The average molecular weight is 333 g/mol. The van der Waals surface area contributed by atoms with Crippen LogP contribution in [-0.2, 0) is 0 Å². The van der Waals surface area contributed by atoms with Crippen molar-refractivity contribution in [1.82, 2.24) is 25.1 Å². The quantitative estimate of drug-likeness (QED) is 0.800. The van der Waals surface area contributed by atoms with Crippen LogP contribution in [0, 0.1) is 0 Å². The third-order valence-electron chi connectivity index (χ3n) is 4.73. The summed E-state index contributed by atoms with van der Waals surface area (Å²) in [6.45, 7) is 1.46. The monoisotopic (exact) mass is 333 g/mol. The molecule has 4 rings (SSSR count). The van der Waals surface area contributed by atoms with Gasteiger partial charge >= 0.3 is 0 Å². The fourth-order valence-corrected chi connectivity index (χ4v) is 3.39. The zero-order chi connectivity index (χ0) is 17.1. The van der Waals surface area contributed by atoms with Gasteiger partial charge in [0.05, 0.1) is 6.20 Å². The van der Waals surface area contributed by atoms with Crippen molar-refractivity contribution in [2.75, 3.05) is 13.1 Å². The van der Waals surface area contributed by atoms with Crippen LogP contribution in [0.5, 0.6) is 0 Å². The van der Waals surface area contributed by atoms with E-state index in [2.05, 4.69) is 20.2 Å². The van der Waals surface area contributed by atoms with Crippen LogP contribution in [0.25, 0.3) is 11.1 Å². The van der Waals surface area contributed by atoms with E-state index in [1.165, 1.54) is 0 Å². The molecule has 1 aliphatic rings. The molecule has 0 aromatic carbocycles. The molecule has 126 valence electrons. The molecule has 1 N–H and O–H groups in total. The van der Waals surface area contributed by atoms with Gasteiger partial charge in [0.1, 0.15) is 5.69 Å². The molecule has 6 heteroatoms. The van der Waals surface area contributed by atoms with E-state index in [0.29, 0.717) is 11.6 Å². The predicted octanol–water partition coefficient (Wildman–Crippen LogP) is 2.89. The van der Waals surface area contributed by atoms with Gasteiger partial charge in [0.25, 0.3) is 5.91 Å². The van der Waals surface area contributed by atoms with Crippen LogP contribution < -0.4 is 0 Å². The van der Waals surface area contributed by atoms with E-state index >= 15 is 0 Å². The number of piperidine rings is 1. The first-order chi connectivity index (χ1) is 12.3. The fraction of sp³-hybridized carbons (Fsp3) is 0.263. The average Bonchev–Trinajstić information content (AvgIpc) is 3.19. The predicted molar refractivity (Wildman–Crippen MR) is 93.9 cm³/mol. The van der Waals surface area contributed by atoms with E-state index < -0.39 is 0 Å². The van der Waals surface area contributed by atoms with Crippen LogP contribution in [-0.4, -0.2) is 44.1 Å². The summed E-state index contributed by atoms with van der Waals surface area (Å²) in [6, 6.07) is 9.42. The molecule has 25 heavy (non-hydrogen) atoms. The number of aromatic nitrogens is 4. The number of hydrogen-bond donors (Lipinski definition) is 1. The lowest BCUT2D eigenvalue weighted by atomic mass is 9.89. The molecule has 3 aromatic heterocycles. The van der Waals surface area contributed by atoms with Crippen molar-refractivity contribution >= 4 is 5.91 Å². The summed E-state index contributed by atoms with van der Waals surface area (Å²) in [5.74, 6) is 0.386. The van der Waals surface area contributed by atoms with E-state index in [9.17, 15) is 4.79 Å². The van der Waals surface area contributed by atoms with Gasteiger partial charge in [-0.25, -0.2) is 0 Å². The summed E-state index contributed by atoms with van der Waals surface area (Å²) in [7, 11) is 0. The summed E-state index contributed by atoms with van der Waals surface area (Å²) in [5, 5.41) is 7.40. The van der Waals surface area contributed by atoms with Crippen molar-refractivity contribution < 1.29 is 4.79 Å². The Morgan fingerprint density at radius 2 is 1.88 bits per heavy atom. The summed E-state index contributed by atoms with van der Waals surface area (Å²) in [5.41, 5.74) is 3.90. The minimum Gasteiger partial charge on any atom is -0.337 e. The Kier molecular flexibility index (Phi) is 4.24. The van der Waals surface area contributed by atoms with Gasteiger partial charge in [-0.1, -0.05) is 6.07 Å². The Morgan fingerprint density at radius 3 is 2.60 bits per heavy atom. The second kappa shape index (κ2) is 6.84. The number of nitrogens with one attached hydrogen (secondary N) is 1. The van der Waals surface area contributed by atoms with E-state index in [1.807, 2.05) is 35.4 Å². The minimum absolute atomic E-state index is 0.0121. The van der Waals surface area contributed by atoms with Crippen molar-refractivity contribution in [3.63, 3.8) is 0 Å². The number of hydrogen-bond acceptors (Lipinski definition) is 4. The molecular weight excluding hydrogens is 314 g/mol. The lowest BCUT2D eigenvalue weighted by Gasteiger charge is -2.31. The van der Waals surface area contributed by atoms with E-state index in [4.69, 9.17) is 0 Å². The maximum absolute atomic E-state index is 12.5. The van der Waals surface area contributed by atoms with Gasteiger partial charge in [-0.2, -0.15) is 5.10 Å². The van der Waals surface area contributed by atoms with Gasteiger partial charge in [-0.3, -0.25) is 19.9 Å². The van der Waals surface area contributed by atoms with Crippen molar-refractivity contribution in [3.05, 3.63) is 66.5 Å². The van der Waals surface area contributed by atoms with Crippen LogP contribution in [0.3, 0.4) is 0 Å². The number of carbonyl (C=O) groups excluding carboxylic acids is 1. The Hall–Kier alpha value is -3.02. The van der Waals surface area contributed by atoms with Crippen LogP contribution in [0.4, 0.5) is 0 Å². The first-order valence-electron chi connectivity index (χ1n) is 8.47. The summed E-state index contributed by atoms with van der Waals surface area (Å²) in [4.78, 5) is 22.6. The lowest BCUT2D eigenvalue weighted by Crippen LogP contribution is -2.38. The van der Waals surface area contributed by atoms with Crippen LogP contribution in [0.2, 0.25) is 0 Å². The van der Waals surface area contributed by atoms with E-state index in [-0.39, 0.29) is 5.91 Å². The standard InChI is InChI=1S/C19H19N5O/c25-19(17-3-1-2-8-21-17)24-11-6-15(7-12-24)18-16(13-22-23-18)14-4-9-20-10-5-14/h1-5,8-10,13,15H,6-7,11-12H2,(H,22,23). The number of nitrogens with zero attached hydrogens (tertiary/aromatic N) is 4. The molecule has 0 atom stereocenters. The van der Waals surface area contributed by atoms with Crippen molar-refractivity contribution in [2.24, 2.45) is 0 Å². The van der Waals surface area contributed by atoms with Crippen molar-refractivity contribution in [2.45, 2.75) is 18.8 Å². The van der Waals surface area contributed by atoms with Gasteiger partial charge in [0.15, 0.2) is 0 Å². The van der Waals surface area contributed by atoms with Gasteiger partial charge in [-0.15, -0.1) is 0 Å². The molecule has 4 heterocycles. The number of pyridine rings is 2. The Bertz CT molecular complexity index is 839. The third kappa shape index (κ3) is 3.15. The highest BCUT2D eigenvalue weighted by atomic mass is 16.2. The Balaban J connectivity index is 1.47. The molecule has 1 fully saturated rings. The van der Waals surface area contributed by atoms with Gasteiger partial charge in [0.2, 0.25) is 0 Å². The largest absolute Gasteiger partial charge is 0.337 e. The summed E-state index contributed by atoms with van der Waals surface area (Å²) >= 11 is 0. The number of likely N-dealkylation sites (tertiary alicyclic amines) is 1. The fourth-order valence-electron chi connectivity index (χ4n) is 3.39. The highest BCUT2D eigenvalue weighted by molar-refractivity contribution is 5.92. The maximum Gasteiger partial charge on any atom is 0.272 e. The second-order valence-electron chi connectivity index (χ2n) is 6.21. The molecular formula is C19H19N5O. The first-order valence-corrected chi connectivity index (χ1v) is 8.47. The normalized spacial score (nSPS) is 15.3. The lowest BCUT2D eigenvalue weighted by molar-refractivity contribution is 0.0706. The van der Waals surface area contributed by atoms with Crippen LogP contribution in [0.15, 0.2) is 55.1 Å². The van der Waals surface area contributed by atoms with E-state index in [0.717, 1.165) is 42.8 Å². The zero-order valence-electron chi connectivity index (χ0n) is 13.8. The first kappa shape index (κ1) is 15.5. The molecule has 1 amide bonds. The number of H-pyrrole nitrogens is 1. The molecule has 0 saturated carbocycles. The van der Waals surface area contributed by atoms with Gasteiger partial charge < -0.3 is 4.90 Å². The molecule has 0 spiro atoms. The second-order valence-corrected chi connectivity index (χ2v) is 6.21. The summed E-state index contributed by atoms with van der Waals surface area (Å²) in [6.07, 6.45) is 8.94. The molecule has 1 aliphatic heterocycles. The summed E-state index contributed by atoms with van der Waals surface area (Å²) < 4.78 is 0. The Morgan fingerprint density at radius 1 is 1.08 bits per heavy atom. The molecule has 0 bridgehead atoms. The van der Waals surface area contributed by atoms with Crippen molar-refractivity contribution in [3.8, 4) is 11.1 Å². The minimum atomic E-state index is 0.0121. The third-order valence-corrected chi connectivity index (χ3v) is 4.73. The SMILES string of the molecule is O=C(c1ccccn1)N1CCC(c2[nH]ncc2-c2ccncc2)CC1. The Labute approximate surface area is 145 Å². The molecule has 6 nitrogen and oxygen atoms in total. The number of rotatable bonds is 3. The highest BCUT2D eigenvalue weighted by Gasteiger charge is 2.27. The topological polar surface area (TPSA) is 74.8 Å². The van der Waals surface area contributed by atoms with Gasteiger partial charge in [-0.05, 0) is 42.7 Å². The van der Waals surface area contributed by atoms with E-state index in [1.54, 1.807) is 24.7 Å². The zero-order valence-corrected chi connectivity index (χ0v) is 13.8. The number of amides is 1. The van der Waals surface area contributed by atoms with Crippen LogP contribution >= 0.6 is 0 Å². The molecule has 3 aromatic rings. The maximum atomic E-state index is 12.5. The van der Waals surface area contributed by atoms with Crippen molar-refractivity contribution in [1.29, 1.82) is 0 Å². The molecule has 0 radical (unpaired) electrons. The molecule has 1 saturated heterocycles. The van der Waals surface area contributed by atoms with Crippen LogP contribution in [0.1, 0.15) is 34.9 Å². The molecule has 0 unspecified atom stereocenters. The van der Waals surface area contributed by atoms with Gasteiger partial charge in [0, 0.05) is 48.9 Å². The molecule has 0 aliphatic carbocycles.